The number of carbonyl (C=O) groups excluding carboxylic acids is 1. The summed E-state index contributed by atoms with van der Waals surface area (Å²) in [5, 5.41) is 3.33. The summed E-state index contributed by atoms with van der Waals surface area (Å²) in [7, 11) is 1.55. The van der Waals surface area contributed by atoms with Crippen LogP contribution in [0.2, 0.25) is 0 Å². The van der Waals surface area contributed by atoms with Gasteiger partial charge in [-0.1, -0.05) is 39.3 Å². The average Bonchev–Trinajstić information content (AvgIpc) is 2.72. The maximum absolute atomic E-state index is 12.4. The van der Waals surface area contributed by atoms with Crippen molar-refractivity contribution in [3.63, 3.8) is 0 Å². The molecule has 0 atom stereocenters. The molecule has 0 fully saturated rings. The van der Waals surface area contributed by atoms with Crippen LogP contribution in [0.4, 0.5) is 5.69 Å². The van der Waals surface area contributed by atoms with Crippen molar-refractivity contribution < 1.29 is 14.3 Å². The van der Waals surface area contributed by atoms with E-state index in [1.165, 1.54) is 5.56 Å². The fourth-order valence-electron chi connectivity index (χ4n) is 2.55. The Morgan fingerprint density at radius 1 is 1.07 bits per heavy atom. The number of hydrogen-bond donors (Lipinski definition) is 3. The predicted octanol–water partition coefficient (Wildman–Crippen LogP) is 4.63. The first-order chi connectivity index (χ1) is 13.9. The van der Waals surface area contributed by atoms with Crippen molar-refractivity contribution in [3.8, 4) is 11.5 Å². The van der Waals surface area contributed by atoms with E-state index in [1.54, 1.807) is 25.3 Å². The number of carbonyl (C=O) groups is 1. The second kappa shape index (κ2) is 11.3. The van der Waals surface area contributed by atoms with Gasteiger partial charge in [-0.25, -0.2) is 0 Å². The molecule has 0 unspecified atom stereocenters. The number of nitrogens with one attached hydrogen (secondary N) is 3. The Hall–Kier alpha value is -2.80. The van der Waals surface area contributed by atoms with Gasteiger partial charge in [-0.2, -0.15) is 0 Å². The van der Waals surface area contributed by atoms with Crippen LogP contribution in [0, 0.1) is 0 Å². The van der Waals surface area contributed by atoms with Gasteiger partial charge in [0.25, 0.3) is 5.91 Å². The van der Waals surface area contributed by atoms with Crippen LogP contribution in [0.5, 0.6) is 11.5 Å². The molecular weight excluding hydrogens is 386 g/mol. The smallest absolute Gasteiger partial charge is 0.269 e. The number of methoxy groups -OCH3 is 1. The van der Waals surface area contributed by atoms with E-state index >= 15 is 0 Å². The number of unbranched alkanes of at least 4 members (excludes halogenated alkanes) is 1. The average molecular weight is 416 g/mol. The third kappa shape index (κ3) is 6.94. The first kappa shape index (κ1) is 22.5. The van der Waals surface area contributed by atoms with Crippen molar-refractivity contribution in [1.29, 1.82) is 0 Å². The van der Waals surface area contributed by atoms with Crippen LogP contribution in [0.3, 0.4) is 0 Å². The van der Waals surface area contributed by atoms with Gasteiger partial charge in [-0.15, -0.1) is 0 Å². The fraction of sp³-hybridized carbons (Fsp3) is 0.364. The summed E-state index contributed by atoms with van der Waals surface area (Å²) < 4.78 is 11.0. The normalized spacial score (nSPS) is 10.4. The fourth-order valence-corrected chi connectivity index (χ4v) is 2.72. The second-order valence-corrected chi connectivity index (χ2v) is 7.29. The van der Waals surface area contributed by atoms with Crippen molar-refractivity contribution in [2.24, 2.45) is 0 Å². The third-order valence-electron chi connectivity index (χ3n) is 4.31. The van der Waals surface area contributed by atoms with Crippen LogP contribution in [0.15, 0.2) is 42.5 Å². The van der Waals surface area contributed by atoms with Gasteiger partial charge in [0.05, 0.1) is 13.7 Å². The standard InChI is InChI=1S/C22H29N3O3S/c1-5-6-13-28-19-12-9-17(14-20(19)27-4)21(26)24-25-22(29)23-18-10-7-16(8-11-18)15(2)3/h7-12,14-15H,5-6,13H2,1-4H3,(H,24,26)(H2,23,25,29). The largest absolute Gasteiger partial charge is 0.493 e. The zero-order valence-electron chi connectivity index (χ0n) is 17.4. The number of rotatable bonds is 8. The first-order valence-electron chi connectivity index (χ1n) is 9.72. The van der Waals surface area contributed by atoms with E-state index in [4.69, 9.17) is 21.7 Å². The van der Waals surface area contributed by atoms with Crippen molar-refractivity contribution in [3.05, 3.63) is 53.6 Å². The molecule has 0 aliphatic heterocycles. The molecule has 6 nitrogen and oxygen atoms in total. The molecule has 1 amide bonds. The molecule has 0 spiro atoms. The zero-order valence-corrected chi connectivity index (χ0v) is 18.2. The van der Waals surface area contributed by atoms with Crippen molar-refractivity contribution in [1.82, 2.24) is 10.9 Å². The molecule has 2 rings (SSSR count). The minimum Gasteiger partial charge on any atom is -0.493 e. The van der Waals surface area contributed by atoms with E-state index in [-0.39, 0.29) is 5.91 Å². The van der Waals surface area contributed by atoms with Crippen LogP contribution in [0.1, 0.15) is 55.5 Å². The minimum atomic E-state index is -0.331. The second-order valence-electron chi connectivity index (χ2n) is 6.88. The van der Waals surface area contributed by atoms with Crippen molar-refractivity contribution >= 4 is 28.9 Å². The van der Waals surface area contributed by atoms with E-state index in [2.05, 4.69) is 36.9 Å². The lowest BCUT2D eigenvalue weighted by Gasteiger charge is -2.14. The predicted molar refractivity (Wildman–Crippen MR) is 121 cm³/mol. The Morgan fingerprint density at radius 3 is 2.41 bits per heavy atom. The molecule has 156 valence electrons. The molecule has 0 heterocycles. The maximum atomic E-state index is 12.4. The van der Waals surface area contributed by atoms with Gasteiger partial charge in [0.1, 0.15) is 0 Å². The summed E-state index contributed by atoms with van der Waals surface area (Å²) in [6.45, 7) is 6.99. The molecule has 3 N–H and O–H groups in total. The van der Waals surface area contributed by atoms with Gasteiger partial charge >= 0.3 is 0 Å². The quantitative estimate of drug-likeness (QED) is 0.332. The maximum Gasteiger partial charge on any atom is 0.269 e. The number of anilines is 1. The summed E-state index contributed by atoms with van der Waals surface area (Å²) in [6.07, 6.45) is 2.00. The molecular formula is C22H29N3O3S. The Labute approximate surface area is 178 Å². The van der Waals surface area contributed by atoms with Crippen LogP contribution in [-0.4, -0.2) is 24.7 Å². The molecule has 0 saturated carbocycles. The van der Waals surface area contributed by atoms with Gasteiger partial charge in [0.2, 0.25) is 0 Å². The molecule has 0 saturated heterocycles. The number of ether oxygens (including phenoxy) is 2. The van der Waals surface area contributed by atoms with Crippen LogP contribution in [0.25, 0.3) is 0 Å². The number of hydrazine groups is 1. The molecule has 29 heavy (non-hydrogen) atoms. The summed E-state index contributed by atoms with van der Waals surface area (Å²) in [6, 6.07) is 13.0. The van der Waals surface area contributed by atoms with Gasteiger partial charge in [0, 0.05) is 11.3 Å². The van der Waals surface area contributed by atoms with Crippen molar-refractivity contribution in [2.45, 2.75) is 39.5 Å². The van der Waals surface area contributed by atoms with E-state index in [0.717, 1.165) is 18.5 Å². The first-order valence-corrected chi connectivity index (χ1v) is 10.1. The lowest BCUT2D eigenvalue weighted by atomic mass is 10.0. The molecule has 0 aromatic heterocycles. The molecule has 2 aromatic carbocycles. The van der Waals surface area contributed by atoms with Gasteiger partial charge in [0.15, 0.2) is 16.6 Å². The molecule has 7 heteroatoms. The molecule has 0 radical (unpaired) electrons. The Balaban J connectivity index is 1.89. The topological polar surface area (TPSA) is 71.6 Å². The number of benzene rings is 2. The molecule has 0 aliphatic carbocycles. The number of hydrogen-bond acceptors (Lipinski definition) is 4. The lowest BCUT2D eigenvalue weighted by molar-refractivity contribution is 0.0943. The highest BCUT2D eigenvalue weighted by Crippen LogP contribution is 2.28. The van der Waals surface area contributed by atoms with E-state index in [0.29, 0.717) is 34.7 Å². The van der Waals surface area contributed by atoms with Crippen LogP contribution < -0.4 is 25.6 Å². The Morgan fingerprint density at radius 2 is 1.79 bits per heavy atom. The number of amides is 1. The highest BCUT2D eigenvalue weighted by Gasteiger charge is 2.11. The van der Waals surface area contributed by atoms with Gasteiger partial charge in [-0.3, -0.25) is 15.6 Å². The lowest BCUT2D eigenvalue weighted by Crippen LogP contribution is -2.43. The van der Waals surface area contributed by atoms with E-state index < -0.39 is 0 Å². The van der Waals surface area contributed by atoms with E-state index in [9.17, 15) is 4.79 Å². The highest BCUT2D eigenvalue weighted by molar-refractivity contribution is 7.80. The molecule has 2 aromatic rings. The zero-order chi connectivity index (χ0) is 21.2. The molecule has 0 bridgehead atoms. The monoisotopic (exact) mass is 415 g/mol. The summed E-state index contributed by atoms with van der Waals surface area (Å²) in [5.74, 6) is 1.27. The van der Waals surface area contributed by atoms with Gasteiger partial charge in [-0.05, 0) is 60.5 Å². The summed E-state index contributed by atoms with van der Waals surface area (Å²) in [4.78, 5) is 12.4. The van der Waals surface area contributed by atoms with Crippen molar-refractivity contribution in [2.75, 3.05) is 19.0 Å². The molecule has 0 aliphatic rings. The third-order valence-corrected chi connectivity index (χ3v) is 4.51. The Bertz CT molecular complexity index is 823. The van der Waals surface area contributed by atoms with Gasteiger partial charge < -0.3 is 14.8 Å². The van der Waals surface area contributed by atoms with E-state index in [1.807, 2.05) is 24.3 Å². The highest BCUT2D eigenvalue weighted by atomic mass is 32.1. The Kier molecular flexibility index (Phi) is 8.73. The number of thiocarbonyl (C=S) groups is 1. The minimum absolute atomic E-state index is 0.294. The van der Waals surface area contributed by atoms with Crippen LogP contribution >= 0.6 is 12.2 Å². The SMILES string of the molecule is CCCCOc1ccc(C(=O)NNC(=S)Nc2ccc(C(C)C)cc2)cc1OC. The summed E-state index contributed by atoms with van der Waals surface area (Å²) >= 11 is 5.24. The van der Waals surface area contributed by atoms with Crippen LogP contribution in [-0.2, 0) is 0 Å². The summed E-state index contributed by atoms with van der Waals surface area (Å²) in [5.41, 5.74) is 7.82.